The third-order valence-corrected chi connectivity index (χ3v) is 8.42. The number of cyclic esters (lactones) is 1. The van der Waals surface area contributed by atoms with Crippen molar-refractivity contribution in [1.82, 2.24) is 0 Å². The molecule has 5 aliphatic rings. The van der Waals surface area contributed by atoms with E-state index in [9.17, 15) is 9.59 Å². The Hall–Kier alpha value is -0.900. The molecule has 5 fully saturated rings. The van der Waals surface area contributed by atoms with E-state index in [1.165, 1.54) is 6.42 Å². The lowest BCUT2D eigenvalue weighted by Crippen LogP contribution is -2.60. The summed E-state index contributed by atoms with van der Waals surface area (Å²) in [6.07, 6.45) is 6.55. The molecule has 2 heterocycles. The van der Waals surface area contributed by atoms with Gasteiger partial charge < -0.3 is 9.47 Å². The first-order valence-electron chi connectivity index (χ1n) is 9.26. The number of esters is 1. The van der Waals surface area contributed by atoms with Gasteiger partial charge in [0.25, 0.3) is 0 Å². The van der Waals surface area contributed by atoms with Crippen LogP contribution in [0, 0.1) is 28.6 Å². The van der Waals surface area contributed by atoms with E-state index >= 15 is 0 Å². The standard InChI is InChI=1S/C19H26O4/c1-17-6-4-12-11(13(17)9-15(21)22-10-17)3-8-19-16(23-19)14(20)5-7-18(12,19)2/h11-13,16H,3-10H2,1-2H3/t11-,12+,13+,16-,17-,18-,19-/m1/s1. The van der Waals surface area contributed by atoms with E-state index < -0.39 is 0 Å². The fraction of sp³-hybridized carbons (Fsp3) is 0.895. The van der Waals surface area contributed by atoms with Crippen LogP contribution in [0.3, 0.4) is 0 Å². The molecule has 0 N–H and O–H groups in total. The van der Waals surface area contributed by atoms with E-state index in [4.69, 9.17) is 9.47 Å². The van der Waals surface area contributed by atoms with Crippen LogP contribution in [0.15, 0.2) is 0 Å². The van der Waals surface area contributed by atoms with E-state index in [-0.39, 0.29) is 28.5 Å². The molecule has 0 amide bonds. The smallest absolute Gasteiger partial charge is 0.306 e. The van der Waals surface area contributed by atoms with Gasteiger partial charge in [0.15, 0.2) is 5.78 Å². The summed E-state index contributed by atoms with van der Waals surface area (Å²) in [7, 11) is 0. The Morgan fingerprint density at radius 1 is 1.04 bits per heavy atom. The molecule has 5 rings (SSSR count). The third-order valence-electron chi connectivity index (χ3n) is 8.42. The van der Waals surface area contributed by atoms with Crippen molar-refractivity contribution < 1.29 is 19.1 Å². The van der Waals surface area contributed by atoms with Gasteiger partial charge >= 0.3 is 5.97 Å². The Morgan fingerprint density at radius 2 is 1.87 bits per heavy atom. The molecule has 0 aromatic heterocycles. The monoisotopic (exact) mass is 318 g/mol. The predicted molar refractivity (Wildman–Crippen MR) is 82.6 cm³/mol. The normalized spacial score (nSPS) is 57.5. The van der Waals surface area contributed by atoms with Crippen molar-refractivity contribution in [2.24, 2.45) is 28.6 Å². The average Bonchev–Trinajstić information content (AvgIpc) is 3.26. The zero-order valence-corrected chi connectivity index (χ0v) is 14.1. The number of epoxide rings is 1. The SMILES string of the molecule is C[C@]12CC[C@H]3[C@@H](CC[C@@]45O[C@@H]4C(=O)CC[C@]35C)[C@@H]1CC(=O)OC2. The first-order chi connectivity index (χ1) is 10.9. The molecule has 2 saturated heterocycles. The Bertz CT molecular complexity index is 600. The highest BCUT2D eigenvalue weighted by Crippen LogP contribution is 2.71. The number of carbonyl (C=O) groups is 2. The largest absolute Gasteiger partial charge is 0.465 e. The molecule has 126 valence electrons. The second-order valence-electron chi connectivity index (χ2n) is 9.24. The number of hydrogen-bond acceptors (Lipinski definition) is 4. The fourth-order valence-corrected chi connectivity index (χ4v) is 6.95. The molecule has 0 bridgehead atoms. The van der Waals surface area contributed by atoms with E-state index in [0.29, 0.717) is 43.0 Å². The number of fused-ring (bicyclic) bond motifs is 4. The van der Waals surface area contributed by atoms with Crippen molar-refractivity contribution in [3.05, 3.63) is 0 Å². The second kappa shape index (κ2) is 4.19. The number of Topliss-reactive ketones (excluding diaryl/α,β-unsaturated/α-hetero) is 1. The Labute approximate surface area is 137 Å². The van der Waals surface area contributed by atoms with Crippen LogP contribution in [0.25, 0.3) is 0 Å². The molecule has 0 aromatic rings. The molecule has 7 atom stereocenters. The van der Waals surface area contributed by atoms with Gasteiger partial charge in [-0.15, -0.1) is 0 Å². The molecule has 0 unspecified atom stereocenters. The molecular weight excluding hydrogens is 292 g/mol. The fourth-order valence-electron chi connectivity index (χ4n) is 6.95. The molecular formula is C19H26O4. The molecule has 2 aliphatic heterocycles. The maximum atomic E-state index is 12.1. The van der Waals surface area contributed by atoms with Crippen molar-refractivity contribution in [2.75, 3.05) is 6.61 Å². The van der Waals surface area contributed by atoms with E-state index in [2.05, 4.69) is 13.8 Å². The van der Waals surface area contributed by atoms with Crippen molar-refractivity contribution in [2.45, 2.75) is 70.5 Å². The number of rotatable bonds is 0. The molecule has 1 spiro atoms. The number of carbonyl (C=O) groups excluding carboxylic acids is 2. The molecule has 23 heavy (non-hydrogen) atoms. The lowest BCUT2D eigenvalue weighted by Gasteiger charge is -2.60. The minimum Gasteiger partial charge on any atom is -0.465 e. The highest BCUT2D eigenvalue weighted by molar-refractivity contribution is 5.88. The summed E-state index contributed by atoms with van der Waals surface area (Å²) in [5.74, 6) is 1.95. The molecule has 0 aromatic carbocycles. The number of ether oxygens (including phenoxy) is 2. The van der Waals surface area contributed by atoms with Gasteiger partial charge in [-0.05, 0) is 49.9 Å². The lowest BCUT2D eigenvalue weighted by atomic mass is 9.44. The zero-order valence-electron chi connectivity index (χ0n) is 14.1. The topological polar surface area (TPSA) is 55.9 Å². The highest BCUT2D eigenvalue weighted by Gasteiger charge is 2.76. The van der Waals surface area contributed by atoms with E-state index in [1.54, 1.807) is 0 Å². The number of ketones is 1. The summed E-state index contributed by atoms with van der Waals surface area (Å²) in [4.78, 5) is 24.0. The Morgan fingerprint density at radius 3 is 2.70 bits per heavy atom. The van der Waals surface area contributed by atoms with Gasteiger partial charge in [-0.3, -0.25) is 9.59 Å². The van der Waals surface area contributed by atoms with Crippen LogP contribution in [-0.4, -0.2) is 30.1 Å². The quantitative estimate of drug-likeness (QED) is 0.509. The second-order valence-corrected chi connectivity index (χ2v) is 9.24. The van der Waals surface area contributed by atoms with E-state index in [0.717, 1.165) is 25.7 Å². The van der Waals surface area contributed by atoms with Gasteiger partial charge in [0.05, 0.1) is 6.61 Å². The minimum absolute atomic E-state index is 0.0158. The van der Waals surface area contributed by atoms with Crippen LogP contribution in [-0.2, 0) is 19.1 Å². The van der Waals surface area contributed by atoms with Crippen LogP contribution in [0.2, 0.25) is 0 Å². The zero-order chi connectivity index (χ0) is 16.0. The first-order valence-corrected chi connectivity index (χ1v) is 9.26. The van der Waals surface area contributed by atoms with E-state index in [1.807, 2.05) is 0 Å². The van der Waals surface area contributed by atoms with Crippen LogP contribution in [0.1, 0.15) is 58.8 Å². The van der Waals surface area contributed by atoms with Gasteiger partial charge in [-0.25, -0.2) is 0 Å². The average molecular weight is 318 g/mol. The predicted octanol–water partition coefficient (Wildman–Crippen LogP) is 2.88. The van der Waals surface area contributed by atoms with Crippen molar-refractivity contribution in [1.29, 1.82) is 0 Å². The summed E-state index contributed by atoms with van der Waals surface area (Å²) in [6.45, 7) is 5.28. The highest BCUT2D eigenvalue weighted by atomic mass is 16.6. The van der Waals surface area contributed by atoms with Crippen molar-refractivity contribution >= 4 is 11.8 Å². The van der Waals surface area contributed by atoms with Gasteiger partial charge in [-0.2, -0.15) is 0 Å². The van der Waals surface area contributed by atoms with Gasteiger partial charge in [0, 0.05) is 23.7 Å². The van der Waals surface area contributed by atoms with Gasteiger partial charge in [0.1, 0.15) is 11.7 Å². The molecule has 0 radical (unpaired) electrons. The third kappa shape index (κ3) is 1.61. The summed E-state index contributed by atoms with van der Waals surface area (Å²) >= 11 is 0. The maximum Gasteiger partial charge on any atom is 0.306 e. The summed E-state index contributed by atoms with van der Waals surface area (Å²) in [5.41, 5.74) is 0.119. The molecule has 4 nitrogen and oxygen atoms in total. The molecule has 3 aliphatic carbocycles. The maximum absolute atomic E-state index is 12.1. The van der Waals surface area contributed by atoms with Gasteiger partial charge in [0.2, 0.25) is 0 Å². The first kappa shape index (κ1) is 14.4. The minimum atomic E-state index is -0.160. The lowest BCUT2D eigenvalue weighted by molar-refractivity contribution is -0.180. The van der Waals surface area contributed by atoms with Crippen LogP contribution < -0.4 is 0 Å². The van der Waals surface area contributed by atoms with Crippen molar-refractivity contribution in [3.8, 4) is 0 Å². The Kier molecular flexibility index (Phi) is 2.63. The molecule has 4 heteroatoms. The summed E-state index contributed by atoms with van der Waals surface area (Å²) in [6, 6.07) is 0. The van der Waals surface area contributed by atoms with Crippen molar-refractivity contribution in [3.63, 3.8) is 0 Å². The van der Waals surface area contributed by atoms with Crippen LogP contribution in [0.5, 0.6) is 0 Å². The number of hydrogen-bond donors (Lipinski definition) is 0. The summed E-state index contributed by atoms with van der Waals surface area (Å²) in [5, 5.41) is 0. The summed E-state index contributed by atoms with van der Waals surface area (Å²) < 4.78 is 11.5. The molecule has 3 saturated carbocycles. The van der Waals surface area contributed by atoms with Crippen LogP contribution >= 0.6 is 0 Å². The van der Waals surface area contributed by atoms with Gasteiger partial charge in [-0.1, -0.05) is 13.8 Å². The van der Waals surface area contributed by atoms with Crippen LogP contribution in [0.4, 0.5) is 0 Å². The Balaban J connectivity index is 1.51.